The van der Waals surface area contributed by atoms with Crippen LogP contribution in [0.3, 0.4) is 0 Å². The first-order valence-electron chi connectivity index (χ1n) is 18.8. The van der Waals surface area contributed by atoms with E-state index in [1.807, 2.05) is 177 Å². The van der Waals surface area contributed by atoms with Gasteiger partial charge in [0, 0.05) is 0 Å². The summed E-state index contributed by atoms with van der Waals surface area (Å²) in [6.07, 6.45) is -3.38. The first kappa shape index (κ1) is 38.2. The molecule has 7 nitrogen and oxygen atoms in total. The largest absolute Gasteiger partial charge is 0.488 e. The molecule has 0 aromatic heterocycles. The zero-order valence-corrected chi connectivity index (χ0v) is 31.1. The quantitative estimate of drug-likeness (QED) is 0.100. The Kier molecular flexibility index (Phi) is 13.2. The molecule has 0 radical (unpaired) electrons. The van der Waals surface area contributed by atoms with Gasteiger partial charge in [-0.25, -0.2) is 0 Å². The van der Waals surface area contributed by atoms with Crippen LogP contribution in [0.2, 0.25) is 0 Å². The zero-order valence-electron chi connectivity index (χ0n) is 31.1. The predicted molar refractivity (Wildman–Crippen MR) is 212 cm³/mol. The van der Waals surface area contributed by atoms with E-state index in [-0.39, 0.29) is 26.4 Å². The topological polar surface area (TPSA) is 75.6 Å². The van der Waals surface area contributed by atoms with Gasteiger partial charge in [0.25, 0.3) is 0 Å². The van der Waals surface area contributed by atoms with Crippen LogP contribution < -0.4 is 4.74 Å². The second kappa shape index (κ2) is 19.0. The molecule has 6 aromatic rings. The van der Waals surface area contributed by atoms with Crippen molar-refractivity contribution in [1.29, 1.82) is 0 Å². The van der Waals surface area contributed by atoms with Gasteiger partial charge in [0.05, 0.1) is 38.6 Å². The Morgan fingerprint density at radius 1 is 0.509 bits per heavy atom. The number of hydrogen-bond acceptors (Lipinski definition) is 7. The lowest BCUT2D eigenvalue weighted by atomic mass is 9.86. The molecule has 55 heavy (non-hydrogen) atoms. The van der Waals surface area contributed by atoms with Crippen molar-refractivity contribution in [3.8, 4) is 5.75 Å². The lowest BCUT2D eigenvalue weighted by molar-refractivity contribution is -0.379. The Morgan fingerprint density at radius 2 is 0.945 bits per heavy atom. The molecule has 5 atom stereocenters. The zero-order chi connectivity index (χ0) is 37.7. The molecule has 0 bridgehead atoms. The molecular weight excluding hydrogens is 689 g/mol. The highest BCUT2D eigenvalue weighted by Gasteiger charge is 2.58. The van der Waals surface area contributed by atoms with Crippen molar-refractivity contribution in [3.63, 3.8) is 0 Å². The summed E-state index contributed by atoms with van der Waals surface area (Å²) in [4.78, 5) is 0. The van der Waals surface area contributed by atoms with Crippen molar-refractivity contribution in [1.82, 2.24) is 0 Å². The lowest BCUT2D eigenvalue weighted by Crippen LogP contribution is -2.65. The molecular formula is C48H48O7. The van der Waals surface area contributed by atoms with Gasteiger partial charge in [-0.15, -0.1) is 0 Å². The van der Waals surface area contributed by atoms with Crippen LogP contribution in [0.1, 0.15) is 38.9 Å². The minimum Gasteiger partial charge on any atom is -0.488 e. The summed E-state index contributed by atoms with van der Waals surface area (Å²) in [6, 6.07) is 55.5. The van der Waals surface area contributed by atoms with E-state index in [0.717, 1.165) is 33.4 Å². The average Bonchev–Trinajstić information content (AvgIpc) is 3.23. The number of aliphatic hydroxyl groups is 1. The van der Waals surface area contributed by atoms with E-state index in [9.17, 15) is 5.11 Å². The molecule has 7 heteroatoms. The second-order valence-electron chi connectivity index (χ2n) is 13.9. The maximum Gasteiger partial charge on any atom is 0.226 e. The summed E-state index contributed by atoms with van der Waals surface area (Å²) in [5, 5.41) is 13.3. The van der Waals surface area contributed by atoms with Crippen LogP contribution >= 0.6 is 0 Å². The van der Waals surface area contributed by atoms with Crippen molar-refractivity contribution < 1.29 is 33.5 Å². The van der Waals surface area contributed by atoms with Gasteiger partial charge in [0.2, 0.25) is 5.79 Å². The summed E-state index contributed by atoms with van der Waals surface area (Å²) in [6.45, 7) is 3.46. The molecule has 1 heterocycles. The van der Waals surface area contributed by atoms with E-state index in [4.69, 9.17) is 28.4 Å². The first-order chi connectivity index (χ1) is 27.0. The SMILES string of the molecule is Cc1ccc(OCc2ccccc2)c(C2(O)O[C@H](COCc3ccccc3)[C@@H](OCc3ccccc3)[C@H](OCc3ccccc3)[C@H]2OCc2ccccc2)c1. The average molecular weight is 737 g/mol. The summed E-state index contributed by atoms with van der Waals surface area (Å²) in [5.74, 6) is -1.58. The highest BCUT2D eigenvalue weighted by atomic mass is 16.7. The van der Waals surface area contributed by atoms with Gasteiger partial charge in [-0.2, -0.15) is 0 Å². The molecule has 1 fully saturated rings. The maximum absolute atomic E-state index is 13.3. The smallest absolute Gasteiger partial charge is 0.226 e. The molecule has 7 rings (SSSR count). The summed E-state index contributed by atoms with van der Waals surface area (Å²) in [7, 11) is 0. The minimum atomic E-state index is -2.05. The summed E-state index contributed by atoms with van der Waals surface area (Å²) < 4.78 is 40.3. The molecule has 0 spiro atoms. The third-order valence-electron chi connectivity index (χ3n) is 9.70. The standard InChI is InChI=1S/C48H48O7/c1-36-27-28-43(51-31-38-19-9-3-10-20-38)42(29-36)48(49)47(54-34-41-25-15-6-16-26-41)46(53-33-40-23-13-5-14-24-40)45(52-32-39-21-11-4-12-22-39)44(55-48)35-50-30-37-17-7-2-8-18-37/h2-29,44-47,49H,30-35H2,1H3/t44-,45-,46+,47-,48?/m1/s1. The van der Waals surface area contributed by atoms with Crippen molar-refractivity contribution in [2.75, 3.05) is 6.61 Å². The van der Waals surface area contributed by atoms with Gasteiger partial charge in [-0.1, -0.05) is 163 Å². The summed E-state index contributed by atoms with van der Waals surface area (Å²) >= 11 is 0. The van der Waals surface area contributed by atoms with Crippen LogP contribution in [0, 0.1) is 6.92 Å². The van der Waals surface area contributed by atoms with Gasteiger partial charge < -0.3 is 33.5 Å². The molecule has 0 aliphatic carbocycles. The molecule has 1 unspecified atom stereocenters. The van der Waals surface area contributed by atoms with E-state index >= 15 is 0 Å². The van der Waals surface area contributed by atoms with Crippen molar-refractivity contribution in [3.05, 3.63) is 209 Å². The first-order valence-corrected chi connectivity index (χ1v) is 18.8. The van der Waals surface area contributed by atoms with Crippen LogP contribution in [-0.4, -0.2) is 36.1 Å². The van der Waals surface area contributed by atoms with E-state index in [1.54, 1.807) is 0 Å². The third-order valence-corrected chi connectivity index (χ3v) is 9.70. The van der Waals surface area contributed by atoms with Crippen LogP contribution in [-0.2, 0) is 62.5 Å². The third kappa shape index (κ3) is 10.1. The molecule has 1 aliphatic heterocycles. The van der Waals surface area contributed by atoms with Gasteiger partial charge in [0.15, 0.2) is 0 Å². The Balaban J connectivity index is 1.30. The van der Waals surface area contributed by atoms with Crippen LogP contribution in [0.25, 0.3) is 0 Å². The highest BCUT2D eigenvalue weighted by molar-refractivity contribution is 5.42. The van der Waals surface area contributed by atoms with Gasteiger partial charge in [-0.05, 0) is 46.9 Å². The van der Waals surface area contributed by atoms with Crippen LogP contribution in [0.4, 0.5) is 0 Å². The summed E-state index contributed by atoms with van der Waals surface area (Å²) in [5.41, 5.74) is 6.27. The minimum absolute atomic E-state index is 0.110. The van der Waals surface area contributed by atoms with Crippen molar-refractivity contribution in [2.24, 2.45) is 0 Å². The highest BCUT2D eigenvalue weighted by Crippen LogP contribution is 2.45. The molecule has 6 aromatic carbocycles. The second-order valence-corrected chi connectivity index (χ2v) is 13.9. The van der Waals surface area contributed by atoms with E-state index in [0.29, 0.717) is 24.5 Å². The fraction of sp³-hybridized carbons (Fsp3) is 0.250. The van der Waals surface area contributed by atoms with Gasteiger partial charge >= 0.3 is 0 Å². The van der Waals surface area contributed by atoms with E-state index in [1.165, 1.54) is 0 Å². The fourth-order valence-corrected chi connectivity index (χ4v) is 6.85. The normalized spacial score (nSPS) is 20.9. The lowest BCUT2D eigenvalue weighted by Gasteiger charge is -2.50. The number of aryl methyl sites for hydroxylation is 1. The molecule has 1 saturated heterocycles. The van der Waals surface area contributed by atoms with Gasteiger partial charge in [-0.3, -0.25) is 0 Å². The Hall–Kier alpha value is -5.12. The Morgan fingerprint density at radius 3 is 1.45 bits per heavy atom. The number of ether oxygens (including phenoxy) is 6. The molecule has 1 aliphatic rings. The van der Waals surface area contributed by atoms with Crippen molar-refractivity contribution >= 4 is 0 Å². The van der Waals surface area contributed by atoms with Crippen LogP contribution in [0.15, 0.2) is 170 Å². The van der Waals surface area contributed by atoms with Crippen molar-refractivity contribution in [2.45, 2.75) is 70.2 Å². The molecule has 0 saturated carbocycles. The predicted octanol–water partition coefficient (Wildman–Crippen LogP) is 9.09. The van der Waals surface area contributed by atoms with E-state index in [2.05, 4.69) is 0 Å². The van der Waals surface area contributed by atoms with Gasteiger partial charge in [0.1, 0.15) is 36.8 Å². The van der Waals surface area contributed by atoms with E-state index < -0.39 is 30.2 Å². The molecule has 282 valence electrons. The monoisotopic (exact) mass is 736 g/mol. The number of rotatable bonds is 17. The number of benzene rings is 6. The maximum atomic E-state index is 13.3. The Labute approximate surface area is 324 Å². The molecule has 1 N–H and O–H groups in total. The van der Waals surface area contributed by atoms with Crippen LogP contribution in [0.5, 0.6) is 5.75 Å². The Bertz CT molecular complexity index is 2010. The fourth-order valence-electron chi connectivity index (χ4n) is 6.85. The number of hydrogen-bond donors (Lipinski definition) is 1. The molecule has 0 amide bonds.